The lowest BCUT2D eigenvalue weighted by Crippen LogP contribution is -2.26. The van der Waals surface area contributed by atoms with Crippen molar-refractivity contribution in [3.63, 3.8) is 0 Å². The Balaban J connectivity index is 2.35. The molecule has 1 atom stereocenters. The maximum absolute atomic E-state index is 10.7. The second-order valence-electron chi connectivity index (χ2n) is 4.98. The maximum Gasteiger partial charge on any atom is 0.0924 e. The van der Waals surface area contributed by atoms with Crippen molar-refractivity contribution in [1.82, 2.24) is 9.78 Å². The van der Waals surface area contributed by atoms with Gasteiger partial charge in [0.1, 0.15) is 0 Å². The molecule has 0 saturated heterocycles. The molecule has 3 nitrogen and oxygen atoms in total. The minimum atomic E-state index is -0.900. The number of nitrogens with zero attached hydrogens (tertiary/aromatic N) is 2. The number of hydrogen-bond donors (Lipinski definition) is 1. The van der Waals surface area contributed by atoms with E-state index in [-0.39, 0.29) is 0 Å². The van der Waals surface area contributed by atoms with Crippen LogP contribution < -0.4 is 0 Å². The largest absolute Gasteiger partial charge is 0.385 e. The summed E-state index contributed by atoms with van der Waals surface area (Å²) in [5.74, 6) is 0. The molecule has 4 heteroatoms. The van der Waals surface area contributed by atoms with Gasteiger partial charge in [0.15, 0.2) is 0 Å². The zero-order valence-electron chi connectivity index (χ0n) is 11.5. The summed E-state index contributed by atoms with van der Waals surface area (Å²) >= 11 is 3.57. The van der Waals surface area contributed by atoms with E-state index in [1.54, 1.807) is 0 Å². The van der Waals surface area contributed by atoms with Gasteiger partial charge in [-0.3, -0.25) is 4.68 Å². The zero-order chi connectivity index (χ0) is 14.0. The van der Waals surface area contributed by atoms with Gasteiger partial charge in [0, 0.05) is 13.0 Å². The molecule has 0 saturated carbocycles. The number of rotatable bonds is 4. The van der Waals surface area contributed by atoms with E-state index in [9.17, 15) is 5.11 Å². The SMILES string of the molecule is CCn1nc(C)c(Br)c1CC(C)(O)c1ccccc1. The van der Waals surface area contributed by atoms with Gasteiger partial charge in [-0.25, -0.2) is 0 Å². The summed E-state index contributed by atoms with van der Waals surface area (Å²) in [6.45, 7) is 6.67. The number of hydrogen-bond acceptors (Lipinski definition) is 2. The fraction of sp³-hybridized carbons (Fsp3) is 0.400. The molecular weight excluding hydrogens is 304 g/mol. The minimum Gasteiger partial charge on any atom is -0.385 e. The highest BCUT2D eigenvalue weighted by atomic mass is 79.9. The van der Waals surface area contributed by atoms with Crippen LogP contribution in [0.25, 0.3) is 0 Å². The van der Waals surface area contributed by atoms with Gasteiger partial charge in [0.2, 0.25) is 0 Å². The molecule has 0 bridgehead atoms. The lowest BCUT2D eigenvalue weighted by Gasteiger charge is -2.24. The van der Waals surface area contributed by atoms with Gasteiger partial charge in [-0.1, -0.05) is 30.3 Å². The molecule has 1 N–H and O–H groups in total. The van der Waals surface area contributed by atoms with Gasteiger partial charge >= 0.3 is 0 Å². The van der Waals surface area contributed by atoms with Crippen molar-refractivity contribution in [2.75, 3.05) is 0 Å². The predicted octanol–water partition coefficient (Wildman–Crippen LogP) is 3.42. The van der Waals surface area contributed by atoms with Crippen LogP contribution in [0.4, 0.5) is 0 Å². The van der Waals surface area contributed by atoms with Gasteiger partial charge in [-0.2, -0.15) is 5.10 Å². The zero-order valence-corrected chi connectivity index (χ0v) is 13.1. The average molecular weight is 323 g/mol. The molecule has 102 valence electrons. The quantitative estimate of drug-likeness (QED) is 0.936. The van der Waals surface area contributed by atoms with Crippen molar-refractivity contribution in [2.24, 2.45) is 0 Å². The number of aryl methyl sites for hydroxylation is 2. The summed E-state index contributed by atoms with van der Waals surface area (Å²) in [7, 11) is 0. The third-order valence-corrected chi connectivity index (χ3v) is 4.39. The second-order valence-corrected chi connectivity index (χ2v) is 5.77. The Labute approximate surface area is 122 Å². The summed E-state index contributed by atoms with van der Waals surface area (Å²) in [6.07, 6.45) is 0.534. The normalized spacial score (nSPS) is 14.4. The van der Waals surface area contributed by atoms with Crippen LogP contribution in [0.2, 0.25) is 0 Å². The Hall–Kier alpha value is -1.13. The van der Waals surface area contributed by atoms with E-state index in [1.165, 1.54) is 0 Å². The van der Waals surface area contributed by atoms with Crippen LogP contribution in [0.15, 0.2) is 34.8 Å². The molecule has 19 heavy (non-hydrogen) atoms. The molecule has 0 fully saturated rings. The van der Waals surface area contributed by atoms with E-state index in [0.29, 0.717) is 6.42 Å². The van der Waals surface area contributed by atoms with E-state index in [4.69, 9.17) is 0 Å². The molecule has 0 aliphatic heterocycles. The van der Waals surface area contributed by atoms with E-state index < -0.39 is 5.60 Å². The molecule has 0 spiro atoms. The van der Waals surface area contributed by atoms with Crippen LogP contribution in [0.1, 0.15) is 30.8 Å². The highest BCUT2D eigenvalue weighted by Gasteiger charge is 2.27. The minimum absolute atomic E-state index is 0.534. The van der Waals surface area contributed by atoms with Gasteiger partial charge in [-0.05, 0) is 42.3 Å². The molecule has 2 rings (SSSR count). The van der Waals surface area contributed by atoms with Crippen LogP contribution >= 0.6 is 15.9 Å². The first-order chi connectivity index (χ1) is 8.95. The third-order valence-electron chi connectivity index (χ3n) is 3.36. The number of aliphatic hydroxyl groups is 1. The van der Waals surface area contributed by atoms with Crippen LogP contribution in [0.5, 0.6) is 0 Å². The molecule has 2 aromatic rings. The Bertz CT molecular complexity index is 561. The van der Waals surface area contributed by atoms with Gasteiger partial charge < -0.3 is 5.11 Å². The monoisotopic (exact) mass is 322 g/mol. The van der Waals surface area contributed by atoms with Crippen molar-refractivity contribution in [2.45, 2.75) is 39.3 Å². The van der Waals surface area contributed by atoms with Gasteiger partial charge in [0.25, 0.3) is 0 Å². The maximum atomic E-state index is 10.7. The van der Waals surface area contributed by atoms with E-state index >= 15 is 0 Å². The fourth-order valence-corrected chi connectivity index (χ4v) is 2.69. The standard InChI is InChI=1S/C15H19BrN2O/c1-4-18-13(14(16)11(2)17-18)10-15(3,19)12-8-6-5-7-9-12/h5-9,19H,4,10H2,1-3H3. The van der Waals surface area contributed by atoms with Crippen LogP contribution in [0, 0.1) is 6.92 Å². The summed E-state index contributed by atoms with van der Waals surface area (Å²) in [5.41, 5.74) is 2.02. The van der Waals surface area contributed by atoms with Crippen molar-refractivity contribution in [1.29, 1.82) is 0 Å². The number of halogens is 1. The van der Waals surface area contributed by atoms with E-state index in [1.807, 2.05) is 48.9 Å². The van der Waals surface area contributed by atoms with Crippen LogP contribution in [-0.4, -0.2) is 14.9 Å². The molecule has 1 aromatic carbocycles. The summed E-state index contributed by atoms with van der Waals surface area (Å²) in [6, 6.07) is 9.75. The van der Waals surface area contributed by atoms with Crippen molar-refractivity contribution in [3.05, 3.63) is 51.8 Å². The van der Waals surface area contributed by atoms with Gasteiger partial charge in [-0.15, -0.1) is 0 Å². The smallest absolute Gasteiger partial charge is 0.0924 e. The topological polar surface area (TPSA) is 38.0 Å². The highest BCUT2D eigenvalue weighted by molar-refractivity contribution is 9.10. The van der Waals surface area contributed by atoms with Crippen molar-refractivity contribution >= 4 is 15.9 Å². The molecule has 1 heterocycles. The number of aromatic nitrogens is 2. The summed E-state index contributed by atoms with van der Waals surface area (Å²) in [5, 5.41) is 15.2. The Morgan fingerprint density at radius 1 is 1.32 bits per heavy atom. The first-order valence-electron chi connectivity index (χ1n) is 6.45. The number of benzene rings is 1. The Kier molecular flexibility index (Phi) is 4.11. The lowest BCUT2D eigenvalue weighted by molar-refractivity contribution is 0.0552. The third kappa shape index (κ3) is 2.90. The summed E-state index contributed by atoms with van der Waals surface area (Å²) < 4.78 is 2.93. The molecule has 1 aromatic heterocycles. The molecule has 1 unspecified atom stereocenters. The first-order valence-corrected chi connectivity index (χ1v) is 7.24. The Morgan fingerprint density at radius 2 is 1.95 bits per heavy atom. The fourth-order valence-electron chi connectivity index (χ4n) is 2.26. The molecule has 0 amide bonds. The predicted molar refractivity (Wildman–Crippen MR) is 80.1 cm³/mol. The molecule has 0 radical (unpaired) electrons. The average Bonchev–Trinajstić information content (AvgIpc) is 2.67. The summed E-state index contributed by atoms with van der Waals surface area (Å²) in [4.78, 5) is 0. The van der Waals surface area contributed by atoms with Gasteiger partial charge in [0.05, 0.1) is 21.5 Å². The van der Waals surface area contributed by atoms with Crippen molar-refractivity contribution in [3.8, 4) is 0 Å². The molecule has 0 aliphatic rings. The molecule has 0 aliphatic carbocycles. The van der Waals surface area contributed by atoms with Crippen LogP contribution in [0.3, 0.4) is 0 Å². The molecular formula is C15H19BrN2O. The van der Waals surface area contributed by atoms with E-state index in [2.05, 4.69) is 28.0 Å². The lowest BCUT2D eigenvalue weighted by atomic mass is 9.91. The van der Waals surface area contributed by atoms with E-state index in [0.717, 1.165) is 28.0 Å². The highest BCUT2D eigenvalue weighted by Crippen LogP contribution is 2.30. The first kappa shape index (κ1) is 14.3. The van der Waals surface area contributed by atoms with Crippen molar-refractivity contribution < 1.29 is 5.11 Å². The Morgan fingerprint density at radius 3 is 2.53 bits per heavy atom. The van der Waals surface area contributed by atoms with Crippen LogP contribution in [-0.2, 0) is 18.6 Å². The second kappa shape index (κ2) is 5.47.